The van der Waals surface area contributed by atoms with E-state index in [1.807, 2.05) is 19.1 Å². The van der Waals surface area contributed by atoms with Gasteiger partial charge in [-0.05, 0) is 47.4 Å². The maximum Gasteiger partial charge on any atom is 0.317 e. The molecule has 1 saturated carbocycles. The van der Waals surface area contributed by atoms with Crippen molar-refractivity contribution in [3.63, 3.8) is 0 Å². The van der Waals surface area contributed by atoms with Gasteiger partial charge in [-0.2, -0.15) is 0 Å². The lowest BCUT2D eigenvalue weighted by Gasteiger charge is -2.14. The first kappa shape index (κ1) is 15.0. The quantitative estimate of drug-likeness (QED) is 0.765. The Hall–Kier alpha value is -1.95. The Labute approximate surface area is 133 Å². The molecule has 0 atom stereocenters. The summed E-state index contributed by atoms with van der Waals surface area (Å²) in [5.41, 5.74) is 0.434. The van der Waals surface area contributed by atoms with E-state index in [9.17, 15) is 4.79 Å². The van der Waals surface area contributed by atoms with Crippen LogP contribution in [0.3, 0.4) is 0 Å². The summed E-state index contributed by atoms with van der Waals surface area (Å²) >= 11 is 5.90. The maximum absolute atomic E-state index is 12.4. The molecule has 3 rings (SSSR count). The number of halogens is 1. The summed E-state index contributed by atoms with van der Waals surface area (Å²) in [4.78, 5) is 12.4. The van der Waals surface area contributed by atoms with Crippen LogP contribution in [0.1, 0.15) is 37.6 Å². The Bertz CT molecular complexity index is 664. The fourth-order valence-electron chi connectivity index (χ4n) is 2.48. The lowest BCUT2D eigenvalue weighted by molar-refractivity contribution is -0.148. The molecule has 1 heterocycles. The highest BCUT2D eigenvalue weighted by Gasteiger charge is 2.52. The summed E-state index contributed by atoms with van der Waals surface area (Å²) < 4.78 is 7.11. The SMILES string of the molecule is CCCn1nnnc1COC(=O)C1(c2ccc(Cl)cc2)CC1. The third-order valence-electron chi connectivity index (χ3n) is 3.91. The van der Waals surface area contributed by atoms with Gasteiger partial charge in [-0.1, -0.05) is 30.7 Å². The minimum atomic E-state index is -0.520. The highest BCUT2D eigenvalue weighted by Crippen LogP contribution is 2.49. The lowest BCUT2D eigenvalue weighted by atomic mass is 9.96. The van der Waals surface area contributed by atoms with Crippen molar-refractivity contribution in [2.45, 2.75) is 44.8 Å². The van der Waals surface area contributed by atoms with Crippen LogP contribution in [0.25, 0.3) is 0 Å². The summed E-state index contributed by atoms with van der Waals surface area (Å²) in [6.45, 7) is 2.85. The number of aromatic nitrogens is 4. The highest BCUT2D eigenvalue weighted by molar-refractivity contribution is 6.30. The minimum Gasteiger partial charge on any atom is -0.457 e. The van der Waals surface area contributed by atoms with Crippen LogP contribution in [0, 0.1) is 0 Å². The van der Waals surface area contributed by atoms with E-state index in [-0.39, 0.29) is 12.6 Å². The molecule has 1 aliphatic rings. The van der Waals surface area contributed by atoms with E-state index in [0.717, 1.165) is 24.8 Å². The molecule has 0 bridgehead atoms. The van der Waals surface area contributed by atoms with Crippen LogP contribution in [-0.4, -0.2) is 26.2 Å². The van der Waals surface area contributed by atoms with Crippen molar-refractivity contribution in [3.05, 3.63) is 40.7 Å². The smallest absolute Gasteiger partial charge is 0.317 e. The van der Waals surface area contributed by atoms with Crippen LogP contribution in [0.15, 0.2) is 24.3 Å². The summed E-state index contributed by atoms with van der Waals surface area (Å²) in [7, 11) is 0. The molecule has 6 nitrogen and oxygen atoms in total. The average molecular weight is 321 g/mol. The van der Waals surface area contributed by atoms with Gasteiger partial charge < -0.3 is 4.74 Å². The van der Waals surface area contributed by atoms with Gasteiger partial charge >= 0.3 is 5.97 Å². The molecule has 116 valence electrons. The van der Waals surface area contributed by atoms with Gasteiger partial charge in [0.1, 0.15) is 0 Å². The Morgan fingerprint density at radius 3 is 2.73 bits per heavy atom. The number of aryl methyl sites for hydroxylation is 1. The molecule has 0 amide bonds. The van der Waals surface area contributed by atoms with Crippen LogP contribution in [0.2, 0.25) is 5.02 Å². The highest BCUT2D eigenvalue weighted by atomic mass is 35.5. The zero-order valence-electron chi connectivity index (χ0n) is 12.3. The molecule has 0 spiro atoms. The van der Waals surface area contributed by atoms with Gasteiger partial charge in [-0.3, -0.25) is 4.79 Å². The van der Waals surface area contributed by atoms with E-state index in [2.05, 4.69) is 15.5 Å². The molecule has 1 aromatic carbocycles. The molecule has 7 heteroatoms. The Kier molecular flexibility index (Phi) is 4.11. The van der Waals surface area contributed by atoms with Crippen molar-refractivity contribution in [3.8, 4) is 0 Å². The zero-order valence-corrected chi connectivity index (χ0v) is 13.1. The molecule has 22 heavy (non-hydrogen) atoms. The molecule has 1 aromatic heterocycles. The number of ether oxygens (including phenoxy) is 1. The molecular weight excluding hydrogens is 304 g/mol. The second-order valence-corrected chi connectivity index (χ2v) is 5.92. The molecular formula is C15H17ClN4O2. The monoisotopic (exact) mass is 320 g/mol. The first-order chi connectivity index (χ1) is 10.7. The Morgan fingerprint density at radius 2 is 2.09 bits per heavy atom. The maximum atomic E-state index is 12.4. The number of carbonyl (C=O) groups excluding carboxylic acids is 1. The number of benzene rings is 1. The van der Waals surface area contributed by atoms with Gasteiger partial charge in [-0.25, -0.2) is 4.68 Å². The lowest BCUT2D eigenvalue weighted by Crippen LogP contribution is -2.23. The number of hydrogen-bond donors (Lipinski definition) is 0. The number of esters is 1. The number of rotatable bonds is 6. The van der Waals surface area contributed by atoms with Crippen molar-refractivity contribution in [2.75, 3.05) is 0 Å². The second-order valence-electron chi connectivity index (χ2n) is 5.48. The number of carbonyl (C=O) groups is 1. The molecule has 0 radical (unpaired) electrons. The third kappa shape index (κ3) is 2.83. The van der Waals surface area contributed by atoms with Crippen LogP contribution >= 0.6 is 11.6 Å². The average Bonchev–Trinajstić information content (AvgIpc) is 3.21. The molecule has 1 aliphatic carbocycles. The summed E-state index contributed by atoms with van der Waals surface area (Å²) in [5, 5.41) is 12.1. The van der Waals surface area contributed by atoms with Gasteiger partial charge in [0, 0.05) is 11.6 Å². The Balaban J connectivity index is 1.67. The van der Waals surface area contributed by atoms with Crippen molar-refractivity contribution in [1.82, 2.24) is 20.2 Å². The predicted octanol–water partition coefficient (Wildman–Crippen LogP) is 2.51. The van der Waals surface area contributed by atoms with Gasteiger partial charge in [0.15, 0.2) is 12.4 Å². The van der Waals surface area contributed by atoms with Crippen LogP contribution in [0.5, 0.6) is 0 Å². The van der Waals surface area contributed by atoms with E-state index >= 15 is 0 Å². The fourth-order valence-corrected chi connectivity index (χ4v) is 2.61. The molecule has 2 aromatic rings. The van der Waals surface area contributed by atoms with Crippen LogP contribution in [0.4, 0.5) is 0 Å². The number of hydrogen-bond acceptors (Lipinski definition) is 5. The second kappa shape index (κ2) is 6.04. The first-order valence-corrected chi connectivity index (χ1v) is 7.72. The molecule has 0 saturated heterocycles. The first-order valence-electron chi connectivity index (χ1n) is 7.34. The van der Waals surface area contributed by atoms with Crippen molar-refractivity contribution in [1.29, 1.82) is 0 Å². The van der Waals surface area contributed by atoms with Crippen LogP contribution in [-0.2, 0) is 28.1 Å². The Morgan fingerprint density at radius 1 is 1.36 bits per heavy atom. The normalized spacial score (nSPS) is 15.5. The molecule has 0 unspecified atom stereocenters. The number of tetrazole rings is 1. The van der Waals surface area contributed by atoms with Gasteiger partial charge in [0.25, 0.3) is 0 Å². The molecule has 0 N–H and O–H groups in total. The van der Waals surface area contributed by atoms with E-state index in [0.29, 0.717) is 17.4 Å². The van der Waals surface area contributed by atoms with Gasteiger partial charge in [-0.15, -0.1) is 5.10 Å². The number of nitrogens with zero attached hydrogens (tertiary/aromatic N) is 4. The van der Waals surface area contributed by atoms with Crippen molar-refractivity contribution < 1.29 is 9.53 Å². The van der Waals surface area contributed by atoms with Gasteiger partial charge in [0.2, 0.25) is 0 Å². The standard InChI is InChI=1S/C15H17ClN4O2/c1-2-9-20-13(17-18-19-20)10-22-14(21)15(7-8-15)11-3-5-12(16)6-4-11/h3-6H,2,7-10H2,1H3. The van der Waals surface area contributed by atoms with Crippen molar-refractivity contribution >= 4 is 17.6 Å². The van der Waals surface area contributed by atoms with E-state index in [4.69, 9.17) is 16.3 Å². The van der Waals surface area contributed by atoms with E-state index in [1.54, 1.807) is 16.8 Å². The molecule has 0 aliphatic heterocycles. The zero-order chi connectivity index (χ0) is 15.6. The topological polar surface area (TPSA) is 69.9 Å². The minimum absolute atomic E-state index is 0.0984. The predicted molar refractivity (Wildman–Crippen MR) is 80.3 cm³/mol. The fraction of sp³-hybridized carbons (Fsp3) is 0.467. The van der Waals surface area contributed by atoms with Crippen molar-refractivity contribution in [2.24, 2.45) is 0 Å². The van der Waals surface area contributed by atoms with E-state index < -0.39 is 5.41 Å². The van der Waals surface area contributed by atoms with Crippen LogP contribution < -0.4 is 0 Å². The van der Waals surface area contributed by atoms with Gasteiger partial charge in [0.05, 0.1) is 5.41 Å². The molecule has 1 fully saturated rings. The third-order valence-corrected chi connectivity index (χ3v) is 4.16. The summed E-state index contributed by atoms with van der Waals surface area (Å²) in [6.07, 6.45) is 2.52. The summed E-state index contributed by atoms with van der Waals surface area (Å²) in [5.74, 6) is 0.350. The summed E-state index contributed by atoms with van der Waals surface area (Å²) in [6, 6.07) is 7.37. The van der Waals surface area contributed by atoms with E-state index in [1.165, 1.54) is 0 Å². The largest absolute Gasteiger partial charge is 0.457 e.